The number of nitrogens with one attached hydrogen (secondary N) is 1. The Morgan fingerprint density at radius 3 is 2.68 bits per heavy atom. The molecule has 1 saturated carbocycles. The van der Waals surface area contributed by atoms with Crippen LogP contribution in [0.3, 0.4) is 0 Å². The van der Waals surface area contributed by atoms with Gasteiger partial charge in [-0.25, -0.2) is 9.59 Å². The minimum Gasteiger partial charge on any atom is -0.464 e. The second-order valence-corrected chi connectivity index (χ2v) is 8.96. The molecule has 2 atom stereocenters. The Morgan fingerprint density at radius 1 is 1.21 bits per heavy atom. The van der Waals surface area contributed by atoms with Gasteiger partial charge in [0.2, 0.25) is 0 Å². The van der Waals surface area contributed by atoms with E-state index in [-0.39, 0.29) is 17.4 Å². The van der Waals surface area contributed by atoms with Crippen molar-refractivity contribution in [2.45, 2.75) is 70.2 Å². The lowest BCUT2D eigenvalue weighted by Crippen LogP contribution is -2.50. The number of hydrogen-bond donors (Lipinski definition) is 1. The quantitative estimate of drug-likeness (QED) is 0.523. The van der Waals surface area contributed by atoms with Crippen molar-refractivity contribution in [2.75, 3.05) is 17.7 Å². The van der Waals surface area contributed by atoms with Gasteiger partial charge in [-0.3, -0.25) is 4.90 Å². The standard InChI is InChI=1S/C22H32N2O3S/c1-3-4-14-27-21(25)19-15-28-20(17-11-6-5-7-12-17)24(19)22(26)23-18-13-9-8-10-16(18)2/h8-10,13,17,19-20H,3-7,11-12,14-15H2,1-2H3,(H,23,26)/t19-,20+/m0/s1. The highest BCUT2D eigenvalue weighted by molar-refractivity contribution is 8.00. The first-order chi connectivity index (χ1) is 13.6. The maximum Gasteiger partial charge on any atom is 0.329 e. The summed E-state index contributed by atoms with van der Waals surface area (Å²) in [5.41, 5.74) is 1.81. The molecule has 0 bridgehead atoms. The van der Waals surface area contributed by atoms with Crippen molar-refractivity contribution < 1.29 is 14.3 Å². The number of carbonyl (C=O) groups is 2. The largest absolute Gasteiger partial charge is 0.464 e. The van der Waals surface area contributed by atoms with E-state index in [1.807, 2.05) is 31.2 Å². The van der Waals surface area contributed by atoms with Crippen LogP contribution in [0.2, 0.25) is 0 Å². The summed E-state index contributed by atoms with van der Waals surface area (Å²) < 4.78 is 5.48. The van der Waals surface area contributed by atoms with Crippen LogP contribution in [0.1, 0.15) is 57.4 Å². The summed E-state index contributed by atoms with van der Waals surface area (Å²) >= 11 is 1.74. The number of amides is 2. The Hall–Kier alpha value is -1.69. The van der Waals surface area contributed by atoms with Crippen LogP contribution in [0, 0.1) is 12.8 Å². The molecule has 154 valence electrons. The van der Waals surface area contributed by atoms with Crippen molar-refractivity contribution in [3.63, 3.8) is 0 Å². The van der Waals surface area contributed by atoms with E-state index in [1.54, 1.807) is 16.7 Å². The molecule has 1 heterocycles. The highest BCUT2D eigenvalue weighted by Gasteiger charge is 2.45. The van der Waals surface area contributed by atoms with Crippen molar-refractivity contribution in [1.82, 2.24) is 4.90 Å². The molecular weight excluding hydrogens is 372 g/mol. The van der Waals surface area contributed by atoms with Crippen molar-refractivity contribution in [1.29, 1.82) is 0 Å². The van der Waals surface area contributed by atoms with Crippen LogP contribution in [-0.2, 0) is 9.53 Å². The molecule has 0 spiro atoms. The molecule has 3 rings (SSSR count). The summed E-state index contributed by atoms with van der Waals surface area (Å²) in [6.07, 6.45) is 7.78. The fraction of sp³-hybridized carbons (Fsp3) is 0.636. The number of rotatable bonds is 6. The molecule has 1 aromatic carbocycles. The minimum atomic E-state index is -0.502. The summed E-state index contributed by atoms with van der Waals surface area (Å²) in [4.78, 5) is 27.8. The average molecular weight is 405 g/mol. The van der Waals surface area contributed by atoms with Crippen LogP contribution in [0.25, 0.3) is 0 Å². The molecule has 0 unspecified atom stereocenters. The number of benzene rings is 1. The van der Waals surface area contributed by atoms with E-state index < -0.39 is 6.04 Å². The molecule has 1 aromatic rings. The van der Waals surface area contributed by atoms with E-state index in [0.717, 1.165) is 36.9 Å². The Kier molecular flexibility index (Phi) is 7.65. The monoisotopic (exact) mass is 404 g/mol. The Labute approximate surface area is 172 Å². The number of hydrogen-bond acceptors (Lipinski definition) is 4. The Morgan fingerprint density at radius 2 is 1.96 bits per heavy atom. The predicted octanol–water partition coefficient (Wildman–Crippen LogP) is 5.19. The normalized spacial score (nSPS) is 22.9. The molecule has 2 aliphatic rings. The number of thioether (sulfide) groups is 1. The molecule has 0 aromatic heterocycles. The smallest absolute Gasteiger partial charge is 0.329 e. The number of anilines is 1. The molecule has 1 N–H and O–H groups in total. The molecular formula is C22H32N2O3S. The summed E-state index contributed by atoms with van der Waals surface area (Å²) in [7, 11) is 0. The van der Waals surface area contributed by atoms with Gasteiger partial charge in [0.15, 0.2) is 0 Å². The predicted molar refractivity (Wildman–Crippen MR) is 115 cm³/mol. The second-order valence-electron chi connectivity index (χ2n) is 7.81. The van der Waals surface area contributed by atoms with Gasteiger partial charge in [-0.15, -0.1) is 11.8 Å². The lowest BCUT2D eigenvalue weighted by molar-refractivity contribution is -0.148. The molecule has 1 saturated heterocycles. The van der Waals surface area contributed by atoms with Gasteiger partial charge in [-0.2, -0.15) is 0 Å². The van der Waals surface area contributed by atoms with Gasteiger partial charge in [0.25, 0.3) is 0 Å². The molecule has 2 fully saturated rings. The van der Waals surface area contributed by atoms with Crippen molar-refractivity contribution >= 4 is 29.4 Å². The van der Waals surface area contributed by atoms with Gasteiger partial charge in [0.05, 0.1) is 12.0 Å². The van der Waals surface area contributed by atoms with Crippen molar-refractivity contribution in [2.24, 2.45) is 5.92 Å². The third-order valence-electron chi connectivity index (χ3n) is 5.72. The number of urea groups is 1. The summed E-state index contributed by atoms with van der Waals surface area (Å²) in [6.45, 7) is 4.47. The first-order valence-corrected chi connectivity index (χ1v) is 11.6. The highest BCUT2D eigenvalue weighted by Crippen LogP contribution is 2.41. The number of unbranched alkanes of at least 4 members (excludes halogenated alkanes) is 1. The van der Waals surface area contributed by atoms with Crippen molar-refractivity contribution in [3.05, 3.63) is 29.8 Å². The zero-order valence-electron chi connectivity index (χ0n) is 17.0. The van der Waals surface area contributed by atoms with E-state index in [4.69, 9.17) is 4.74 Å². The number of aryl methyl sites for hydroxylation is 1. The first kappa shape index (κ1) is 21.0. The van der Waals surface area contributed by atoms with E-state index >= 15 is 0 Å². The lowest BCUT2D eigenvalue weighted by Gasteiger charge is -2.35. The molecule has 28 heavy (non-hydrogen) atoms. The molecule has 6 heteroatoms. The number of esters is 1. The van der Waals surface area contributed by atoms with E-state index in [9.17, 15) is 9.59 Å². The number of nitrogens with zero attached hydrogens (tertiary/aromatic N) is 1. The van der Waals surface area contributed by atoms with Gasteiger partial charge >= 0.3 is 12.0 Å². The van der Waals surface area contributed by atoms with Crippen LogP contribution < -0.4 is 5.32 Å². The Balaban J connectivity index is 1.76. The fourth-order valence-electron chi connectivity index (χ4n) is 4.06. The third kappa shape index (κ3) is 5.02. The molecule has 0 radical (unpaired) electrons. The number of carbonyl (C=O) groups excluding carboxylic acids is 2. The summed E-state index contributed by atoms with van der Waals surface area (Å²) in [6, 6.07) is 7.06. The molecule has 2 amide bonds. The average Bonchev–Trinajstić information content (AvgIpc) is 3.16. The van der Waals surface area contributed by atoms with Gasteiger partial charge in [0, 0.05) is 11.4 Å². The van der Waals surface area contributed by atoms with Crippen LogP contribution in [0.5, 0.6) is 0 Å². The molecule has 5 nitrogen and oxygen atoms in total. The number of ether oxygens (including phenoxy) is 1. The number of para-hydroxylation sites is 1. The van der Waals surface area contributed by atoms with E-state index in [2.05, 4.69) is 12.2 Å². The fourth-order valence-corrected chi connectivity index (χ4v) is 5.68. The van der Waals surface area contributed by atoms with Gasteiger partial charge in [-0.1, -0.05) is 50.8 Å². The first-order valence-electron chi connectivity index (χ1n) is 10.5. The van der Waals surface area contributed by atoms with Crippen LogP contribution >= 0.6 is 11.8 Å². The maximum absolute atomic E-state index is 13.3. The summed E-state index contributed by atoms with van der Waals surface area (Å²) in [5, 5.41) is 3.09. The summed E-state index contributed by atoms with van der Waals surface area (Å²) in [5.74, 6) is 0.807. The van der Waals surface area contributed by atoms with Crippen LogP contribution in [0.15, 0.2) is 24.3 Å². The molecule has 1 aliphatic carbocycles. The van der Waals surface area contributed by atoms with Crippen molar-refractivity contribution in [3.8, 4) is 0 Å². The van der Waals surface area contributed by atoms with E-state index in [1.165, 1.54) is 19.3 Å². The highest BCUT2D eigenvalue weighted by atomic mass is 32.2. The third-order valence-corrected chi connectivity index (χ3v) is 7.19. The van der Waals surface area contributed by atoms with Gasteiger partial charge in [0.1, 0.15) is 6.04 Å². The lowest BCUT2D eigenvalue weighted by atomic mass is 9.88. The van der Waals surface area contributed by atoms with Crippen LogP contribution in [0.4, 0.5) is 10.5 Å². The van der Waals surface area contributed by atoms with Crippen LogP contribution in [-0.4, -0.2) is 40.7 Å². The zero-order chi connectivity index (χ0) is 19.9. The molecule has 1 aliphatic heterocycles. The zero-order valence-corrected chi connectivity index (χ0v) is 17.8. The van der Waals surface area contributed by atoms with E-state index in [0.29, 0.717) is 18.3 Å². The minimum absolute atomic E-state index is 0.0491. The topological polar surface area (TPSA) is 58.6 Å². The van der Waals surface area contributed by atoms with Gasteiger partial charge in [-0.05, 0) is 43.7 Å². The maximum atomic E-state index is 13.3. The second kappa shape index (κ2) is 10.2. The van der Waals surface area contributed by atoms with Gasteiger partial charge < -0.3 is 10.1 Å². The SMILES string of the molecule is CCCCOC(=O)[C@@H]1CS[C@H](C2CCCCC2)N1C(=O)Nc1ccccc1C. The Bertz CT molecular complexity index is 676.